The number of rotatable bonds is 1. The third kappa shape index (κ3) is 2.14. The maximum atomic E-state index is 6.03. The largest absolute Gasteiger partial charge is 0.439 e. The topological polar surface area (TPSA) is 32.5 Å². The van der Waals surface area contributed by atoms with Gasteiger partial charge in [-0.25, -0.2) is 4.98 Å². The molecule has 24 heavy (non-hydrogen) atoms. The molecule has 2 aromatic heterocycles. The average Bonchev–Trinajstić information content (AvgIpc) is 2.91. The highest BCUT2D eigenvalue weighted by molar-refractivity contribution is 6.69. The Labute approximate surface area is 144 Å². The third-order valence-corrected chi connectivity index (χ3v) is 6.00. The lowest BCUT2D eigenvalue weighted by molar-refractivity contribution is 0.226. The van der Waals surface area contributed by atoms with E-state index in [9.17, 15) is 0 Å². The van der Waals surface area contributed by atoms with Crippen molar-refractivity contribution in [3.05, 3.63) is 29.0 Å². The Hall–Kier alpha value is -1.75. The van der Waals surface area contributed by atoms with E-state index in [1.165, 1.54) is 6.42 Å². The van der Waals surface area contributed by atoms with E-state index in [1.807, 2.05) is 6.07 Å². The lowest BCUT2D eigenvalue weighted by atomic mass is 9.67. The zero-order valence-electron chi connectivity index (χ0n) is 15.5. The number of fused-ring (bicyclic) bond motifs is 3. The van der Waals surface area contributed by atoms with Gasteiger partial charge in [-0.1, -0.05) is 13.8 Å². The number of hydrogen-bond acceptors (Lipinski definition) is 4. The van der Waals surface area contributed by atoms with Crippen molar-refractivity contribution in [1.29, 1.82) is 0 Å². The first-order valence-electron chi connectivity index (χ1n) is 8.78. The average molecular weight is 323 g/mol. The van der Waals surface area contributed by atoms with Gasteiger partial charge < -0.3 is 14.0 Å². The molecule has 0 radical (unpaired) electrons. The van der Waals surface area contributed by atoms with E-state index >= 15 is 0 Å². The summed E-state index contributed by atoms with van der Waals surface area (Å²) >= 11 is 0. The number of hydrogen-bond donors (Lipinski definition) is 0. The maximum Gasteiger partial charge on any atom is 0.374 e. The Morgan fingerprint density at radius 3 is 2.71 bits per heavy atom. The van der Waals surface area contributed by atoms with E-state index in [0.29, 0.717) is 11.5 Å². The Bertz CT molecular complexity index is 914. The van der Waals surface area contributed by atoms with Crippen LogP contribution in [0.3, 0.4) is 0 Å². The summed E-state index contributed by atoms with van der Waals surface area (Å²) in [4.78, 5) is 9.30. The fourth-order valence-electron chi connectivity index (χ4n) is 4.88. The van der Waals surface area contributed by atoms with Crippen LogP contribution in [0.15, 0.2) is 22.7 Å². The number of pyridine rings is 1. The monoisotopic (exact) mass is 323 g/mol. The minimum absolute atomic E-state index is 0.147. The maximum absolute atomic E-state index is 6.03. The van der Waals surface area contributed by atoms with Crippen molar-refractivity contribution in [3.63, 3.8) is 0 Å². The molecular formula is C19H26BN3O. The van der Waals surface area contributed by atoms with Gasteiger partial charge in [0.2, 0.25) is 5.71 Å². The first kappa shape index (κ1) is 15.8. The first-order chi connectivity index (χ1) is 11.2. The molecule has 0 aliphatic carbocycles. The fourth-order valence-corrected chi connectivity index (χ4v) is 4.88. The molecule has 2 aliphatic heterocycles. The fraction of sp³-hybridized carbons (Fsp3) is 0.526. The minimum atomic E-state index is 0.147. The van der Waals surface area contributed by atoms with E-state index in [-0.39, 0.29) is 12.5 Å². The van der Waals surface area contributed by atoms with Crippen molar-refractivity contribution in [2.24, 2.45) is 5.41 Å². The molecule has 2 aliphatic rings. The van der Waals surface area contributed by atoms with Crippen molar-refractivity contribution in [2.75, 3.05) is 7.05 Å². The van der Waals surface area contributed by atoms with E-state index < -0.39 is 0 Å². The summed E-state index contributed by atoms with van der Waals surface area (Å²) in [7, 11) is 2.16. The Morgan fingerprint density at radius 1 is 1.29 bits per heavy atom. The lowest BCUT2D eigenvalue weighted by Gasteiger charge is -2.42. The minimum Gasteiger partial charge on any atom is -0.439 e. The molecule has 1 fully saturated rings. The van der Waals surface area contributed by atoms with Crippen LogP contribution in [0.1, 0.15) is 41.0 Å². The Kier molecular flexibility index (Phi) is 3.21. The Morgan fingerprint density at radius 2 is 2.04 bits per heavy atom. The molecule has 0 amide bonds. The van der Waals surface area contributed by atoms with Crippen molar-refractivity contribution in [2.45, 2.75) is 52.6 Å². The lowest BCUT2D eigenvalue weighted by Crippen LogP contribution is -2.59. The van der Waals surface area contributed by atoms with Gasteiger partial charge in [-0.15, -0.1) is 0 Å². The summed E-state index contributed by atoms with van der Waals surface area (Å²) in [6.07, 6.45) is 5.18. The van der Waals surface area contributed by atoms with Gasteiger partial charge in [0.1, 0.15) is 5.42 Å². The number of furan rings is 1. The SMILES string of the molecule is CC1N(B2C=c3oc4ncccc4c3=CN2C)C(C)(C)CC1(C)C. The highest BCUT2D eigenvalue weighted by Gasteiger charge is 2.52. The van der Waals surface area contributed by atoms with Gasteiger partial charge in [0.15, 0.2) is 0 Å². The van der Waals surface area contributed by atoms with Gasteiger partial charge in [-0.3, -0.25) is 0 Å². The van der Waals surface area contributed by atoms with Gasteiger partial charge in [-0.05, 0) is 64.0 Å². The van der Waals surface area contributed by atoms with Crippen LogP contribution < -0.4 is 10.6 Å². The van der Waals surface area contributed by atoms with Crippen LogP contribution in [0.4, 0.5) is 0 Å². The van der Waals surface area contributed by atoms with E-state index in [0.717, 1.165) is 21.7 Å². The van der Waals surface area contributed by atoms with E-state index in [4.69, 9.17) is 4.42 Å². The van der Waals surface area contributed by atoms with E-state index in [1.54, 1.807) is 6.20 Å². The normalized spacial score (nSPS) is 25.5. The van der Waals surface area contributed by atoms with E-state index in [2.05, 4.69) is 74.5 Å². The summed E-state index contributed by atoms with van der Waals surface area (Å²) in [5.41, 5.74) is 2.11. The summed E-state index contributed by atoms with van der Waals surface area (Å²) in [6, 6.07) is 4.54. The molecule has 0 spiro atoms. The third-order valence-electron chi connectivity index (χ3n) is 6.00. The van der Waals surface area contributed by atoms with Crippen molar-refractivity contribution < 1.29 is 4.42 Å². The van der Waals surface area contributed by atoms with Crippen LogP contribution in [0, 0.1) is 5.41 Å². The summed E-state index contributed by atoms with van der Waals surface area (Å²) in [6.45, 7) is 12.0. The first-order valence-corrected chi connectivity index (χ1v) is 8.78. The molecule has 5 heteroatoms. The predicted molar refractivity (Wildman–Crippen MR) is 99.5 cm³/mol. The van der Waals surface area contributed by atoms with Gasteiger partial charge >= 0.3 is 6.98 Å². The number of aromatic nitrogens is 1. The molecule has 0 N–H and O–H groups in total. The smallest absolute Gasteiger partial charge is 0.374 e. The molecular weight excluding hydrogens is 297 g/mol. The molecule has 1 unspecified atom stereocenters. The molecule has 4 rings (SSSR count). The molecule has 1 saturated heterocycles. The predicted octanol–water partition coefficient (Wildman–Crippen LogP) is 2.22. The highest BCUT2D eigenvalue weighted by Crippen LogP contribution is 2.46. The highest BCUT2D eigenvalue weighted by atomic mass is 16.3. The van der Waals surface area contributed by atoms with Gasteiger partial charge in [0, 0.05) is 28.4 Å². The molecule has 4 heterocycles. The molecule has 0 saturated carbocycles. The molecule has 0 aromatic carbocycles. The van der Waals surface area contributed by atoms with Crippen LogP contribution in [0.2, 0.25) is 0 Å². The molecule has 2 aromatic rings. The van der Waals surface area contributed by atoms with Crippen LogP contribution in [-0.4, -0.2) is 40.2 Å². The second kappa shape index (κ2) is 4.88. The van der Waals surface area contributed by atoms with Gasteiger partial charge in [0.25, 0.3) is 0 Å². The van der Waals surface area contributed by atoms with Crippen LogP contribution >= 0.6 is 0 Å². The van der Waals surface area contributed by atoms with Gasteiger partial charge in [0.05, 0.1) is 0 Å². The second-order valence-electron chi connectivity index (χ2n) is 8.67. The zero-order chi connectivity index (χ0) is 17.3. The van der Waals surface area contributed by atoms with Crippen molar-refractivity contribution in [3.8, 4) is 0 Å². The summed E-state index contributed by atoms with van der Waals surface area (Å²) < 4.78 is 6.03. The molecule has 126 valence electrons. The summed E-state index contributed by atoms with van der Waals surface area (Å²) in [5.74, 6) is 2.26. The van der Waals surface area contributed by atoms with Crippen molar-refractivity contribution >= 4 is 30.3 Å². The Balaban J connectivity index is 1.86. The quantitative estimate of drug-likeness (QED) is 0.754. The van der Waals surface area contributed by atoms with Crippen molar-refractivity contribution in [1.82, 2.24) is 14.6 Å². The summed E-state index contributed by atoms with van der Waals surface area (Å²) in [5, 5.41) is 2.23. The molecule has 0 bridgehead atoms. The standard InChI is InChI=1S/C19H26BN3O/c1-13-18(2,3)12-19(4,5)23(13)20-10-16-15(11-22(20)6)14-8-7-9-21-17(14)24-16/h7-11,13H,12H2,1-6H3. The van der Waals surface area contributed by atoms with Crippen LogP contribution in [0.25, 0.3) is 23.3 Å². The molecule has 1 atom stereocenters. The molecule has 4 nitrogen and oxygen atoms in total. The van der Waals surface area contributed by atoms with Crippen LogP contribution in [-0.2, 0) is 0 Å². The second-order valence-corrected chi connectivity index (χ2v) is 8.67. The number of nitrogens with zero attached hydrogens (tertiary/aromatic N) is 3. The van der Waals surface area contributed by atoms with Gasteiger partial charge in [-0.2, -0.15) is 0 Å². The zero-order valence-corrected chi connectivity index (χ0v) is 15.5. The van der Waals surface area contributed by atoms with Crippen LogP contribution in [0.5, 0.6) is 0 Å².